The molecule has 0 spiro atoms. The lowest BCUT2D eigenvalue weighted by atomic mass is 9.76. The fraction of sp³-hybridized carbons (Fsp3) is 0.333. The molecule has 0 bridgehead atoms. The highest BCUT2D eigenvalue weighted by molar-refractivity contribution is 7.86. The molecule has 0 aliphatic heterocycles. The van der Waals surface area contributed by atoms with Gasteiger partial charge in [0.05, 0.1) is 16.9 Å². The number of carbonyl (C=O) groups excluding carboxylic acids is 1. The highest BCUT2D eigenvalue weighted by atomic mass is 32.2. The molecule has 7 nitrogen and oxygen atoms in total. The summed E-state index contributed by atoms with van der Waals surface area (Å²) in [6.07, 6.45) is -0.309. The number of aromatic amines is 1. The van der Waals surface area contributed by atoms with Crippen molar-refractivity contribution in [2.75, 3.05) is 5.32 Å². The molecule has 0 amide bonds. The van der Waals surface area contributed by atoms with Gasteiger partial charge in [-0.2, -0.15) is 30.9 Å². The quantitative estimate of drug-likeness (QED) is 0.189. The van der Waals surface area contributed by atoms with Crippen molar-refractivity contribution in [2.24, 2.45) is 5.41 Å². The molecule has 2 N–H and O–H groups in total. The molecule has 0 atom stereocenters. The number of benzene rings is 1. The molecular formula is C24H23F6N3O4S. The van der Waals surface area contributed by atoms with Gasteiger partial charge in [-0.3, -0.25) is 4.79 Å². The minimum atomic E-state index is -6.09. The molecule has 2 heterocycles. The number of nitrogens with one attached hydrogen (secondary N) is 2. The molecule has 2 aromatic heterocycles. The number of para-hydroxylation sites is 1. The Kier molecular flexibility index (Phi) is 7.99. The van der Waals surface area contributed by atoms with E-state index in [1.165, 1.54) is 12.4 Å². The van der Waals surface area contributed by atoms with Gasteiger partial charge in [0.2, 0.25) is 6.54 Å². The number of alkyl halides is 6. The standard InChI is InChI=1S/C23H22F3N3O.CHF3O3S/c1-22(2)12-17-19(18(30)13-22)21(27-16-6-4-3-5-7-16)20(28-17)15-8-10-29(11-9-15)14-23(24,25)26;2-1(3,4)8(5,6)7/h3-11H,12-14H2,1-2H3,(H,27,28,30);(H,5,6,7). The van der Waals surface area contributed by atoms with Gasteiger partial charge in [-0.25, -0.2) is 8.42 Å². The van der Waals surface area contributed by atoms with Crippen LogP contribution in [0.2, 0.25) is 0 Å². The maximum Gasteiger partial charge on any atom is 0.485 e. The average molecular weight is 564 g/mol. The Morgan fingerprint density at radius 2 is 1.55 bits per heavy atom. The van der Waals surface area contributed by atoms with Gasteiger partial charge in [0, 0.05) is 35.5 Å². The van der Waals surface area contributed by atoms with Crippen molar-refractivity contribution in [2.45, 2.75) is 44.9 Å². The highest BCUT2D eigenvalue weighted by Crippen LogP contribution is 2.43. The first-order valence-electron chi connectivity index (χ1n) is 11.0. The number of halogens is 6. The average Bonchev–Trinajstić information content (AvgIpc) is 3.10. The van der Waals surface area contributed by atoms with Crippen LogP contribution in [0.25, 0.3) is 11.3 Å². The van der Waals surface area contributed by atoms with Gasteiger partial charge in [-0.15, -0.1) is 0 Å². The van der Waals surface area contributed by atoms with E-state index < -0.39 is 28.3 Å². The van der Waals surface area contributed by atoms with E-state index in [2.05, 4.69) is 24.1 Å². The van der Waals surface area contributed by atoms with Gasteiger partial charge in [0.1, 0.15) is 0 Å². The Bertz CT molecular complexity index is 1400. The Morgan fingerprint density at radius 1 is 1.00 bits per heavy atom. The topological polar surface area (TPSA) is 106 Å². The van der Waals surface area contributed by atoms with Crippen molar-refractivity contribution in [3.05, 3.63) is 66.1 Å². The van der Waals surface area contributed by atoms with E-state index in [1.54, 1.807) is 12.1 Å². The van der Waals surface area contributed by atoms with Gasteiger partial charge in [0.25, 0.3) is 0 Å². The number of ketones is 1. The summed E-state index contributed by atoms with van der Waals surface area (Å²) in [4.78, 5) is 16.4. The summed E-state index contributed by atoms with van der Waals surface area (Å²) in [6, 6.07) is 12.8. The third-order valence-electron chi connectivity index (χ3n) is 5.52. The number of Topliss-reactive ketones (excluding diaryl/α,β-unsaturated/α-hetero) is 1. The second kappa shape index (κ2) is 10.4. The van der Waals surface area contributed by atoms with Crippen LogP contribution in [0.3, 0.4) is 0 Å². The molecule has 0 unspecified atom stereocenters. The lowest BCUT2D eigenvalue weighted by Gasteiger charge is -2.28. The van der Waals surface area contributed by atoms with Crippen LogP contribution in [0.1, 0.15) is 36.3 Å². The van der Waals surface area contributed by atoms with Crippen LogP contribution >= 0.6 is 0 Å². The van der Waals surface area contributed by atoms with E-state index in [-0.39, 0.29) is 11.2 Å². The van der Waals surface area contributed by atoms with Crippen molar-refractivity contribution in [3.63, 3.8) is 0 Å². The zero-order chi connectivity index (χ0) is 28.5. The summed E-state index contributed by atoms with van der Waals surface area (Å²) in [5.74, 6) is 0.0604. The predicted octanol–water partition coefficient (Wildman–Crippen LogP) is 5.48. The number of hydrogen-bond acceptors (Lipinski definition) is 5. The summed E-state index contributed by atoms with van der Waals surface area (Å²) < 4.78 is 98.0. The highest BCUT2D eigenvalue weighted by Gasteiger charge is 2.37. The molecule has 0 fully saturated rings. The van der Waals surface area contributed by atoms with Crippen LogP contribution in [0.4, 0.5) is 37.7 Å². The van der Waals surface area contributed by atoms with Crippen molar-refractivity contribution in [1.82, 2.24) is 4.98 Å². The normalized spacial score (nSPS) is 15.3. The van der Waals surface area contributed by atoms with E-state index in [0.29, 0.717) is 28.9 Å². The van der Waals surface area contributed by atoms with E-state index in [1.807, 2.05) is 30.3 Å². The van der Waals surface area contributed by atoms with Crippen LogP contribution in [0.5, 0.6) is 0 Å². The summed E-state index contributed by atoms with van der Waals surface area (Å²) >= 11 is 0. The SMILES string of the molecule is CC1(C)CC(=O)c2c([nH]c(-c3cc[n+](CC(F)(F)F)cc3)c2Nc2ccccc2)C1.O=S(=O)([O-])C(F)(F)F. The van der Waals surface area contributed by atoms with Crippen LogP contribution in [-0.4, -0.2) is 35.4 Å². The molecule has 0 saturated carbocycles. The molecule has 1 aliphatic rings. The van der Waals surface area contributed by atoms with Gasteiger partial charge >= 0.3 is 11.7 Å². The zero-order valence-corrected chi connectivity index (χ0v) is 20.9. The fourth-order valence-corrected chi connectivity index (χ4v) is 4.00. The van der Waals surface area contributed by atoms with Gasteiger partial charge in [0.15, 0.2) is 28.3 Å². The van der Waals surface area contributed by atoms with E-state index in [0.717, 1.165) is 22.4 Å². The lowest BCUT2D eigenvalue weighted by Crippen LogP contribution is -2.40. The van der Waals surface area contributed by atoms with Crippen LogP contribution < -0.4 is 9.88 Å². The summed E-state index contributed by atoms with van der Waals surface area (Å²) in [5, 5.41) is 3.35. The minimum absolute atomic E-state index is 0.0604. The molecule has 4 rings (SSSR count). The molecule has 38 heavy (non-hydrogen) atoms. The Hall–Kier alpha value is -3.39. The van der Waals surface area contributed by atoms with Gasteiger partial charge < -0.3 is 14.9 Å². The summed E-state index contributed by atoms with van der Waals surface area (Å²) in [7, 11) is -6.09. The number of hydrogen-bond donors (Lipinski definition) is 2. The fourth-order valence-electron chi connectivity index (χ4n) is 4.00. The molecule has 3 aromatic rings. The molecular weight excluding hydrogens is 540 g/mol. The third-order valence-corrected chi connectivity index (χ3v) is 6.09. The van der Waals surface area contributed by atoms with E-state index in [9.17, 15) is 31.1 Å². The number of aromatic nitrogens is 2. The molecule has 1 aliphatic carbocycles. The zero-order valence-electron chi connectivity index (χ0n) is 20.1. The Labute approximate surface area is 214 Å². The maximum absolute atomic E-state index is 13.0. The van der Waals surface area contributed by atoms with Gasteiger partial charge in [-0.1, -0.05) is 32.0 Å². The first-order chi connectivity index (χ1) is 17.4. The monoisotopic (exact) mass is 563 g/mol. The van der Waals surface area contributed by atoms with E-state index >= 15 is 0 Å². The number of carbonyl (C=O) groups is 1. The number of anilines is 2. The Morgan fingerprint density at radius 3 is 2.05 bits per heavy atom. The second-order valence-electron chi connectivity index (χ2n) is 9.43. The number of nitrogens with zero attached hydrogens (tertiary/aromatic N) is 1. The maximum atomic E-state index is 13.0. The molecule has 206 valence electrons. The number of H-pyrrole nitrogens is 1. The summed E-state index contributed by atoms with van der Waals surface area (Å²) in [5.41, 5.74) is -1.38. The van der Waals surface area contributed by atoms with Gasteiger partial charge in [-0.05, 0) is 24.0 Å². The van der Waals surface area contributed by atoms with Crippen molar-refractivity contribution >= 4 is 27.3 Å². The Balaban J connectivity index is 0.000000436. The first-order valence-corrected chi connectivity index (χ1v) is 12.5. The van der Waals surface area contributed by atoms with Crippen LogP contribution in [0, 0.1) is 5.41 Å². The summed E-state index contributed by atoms with van der Waals surface area (Å²) in [6.45, 7) is 3.07. The molecule has 14 heteroatoms. The molecule has 0 radical (unpaired) electrons. The molecule has 0 saturated heterocycles. The van der Waals surface area contributed by atoms with Crippen molar-refractivity contribution < 1.29 is 48.7 Å². The predicted molar refractivity (Wildman–Crippen MR) is 124 cm³/mol. The lowest BCUT2D eigenvalue weighted by molar-refractivity contribution is -0.719. The van der Waals surface area contributed by atoms with E-state index in [4.69, 9.17) is 13.0 Å². The van der Waals surface area contributed by atoms with Crippen molar-refractivity contribution in [3.8, 4) is 11.3 Å². The van der Waals surface area contributed by atoms with Crippen LogP contribution in [-0.2, 0) is 23.1 Å². The third kappa shape index (κ3) is 7.34. The molecule has 1 aromatic carbocycles. The van der Waals surface area contributed by atoms with Crippen molar-refractivity contribution in [1.29, 1.82) is 0 Å². The number of rotatable bonds is 4. The largest absolute Gasteiger partial charge is 0.741 e. The number of fused-ring (bicyclic) bond motifs is 1. The smallest absolute Gasteiger partial charge is 0.485 e. The second-order valence-corrected chi connectivity index (χ2v) is 10.8. The first kappa shape index (κ1) is 29.2. The van der Waals surface area contributed by atoms with Crippen LogP contribution in [0.15, 0.2) is 54.9 Å². The number of pyridine rings is 1. The minimum Gasteiger partial charge on any atom is -0.741 e.